The molecule has 1 saturated carbocycles. The summed E-state index contributed by atoms with van der Waals surface area (Å²) < 4.78 is 0. The molecule has 0 aromatic heterocycles. The highest BCUT2D eigenvalue weighted by Gasteiger charge is 2.42. The first-order valence-corrected chi connectivity index (χ1v) is 6.39. The van der Waals surface area contributed by atoms with Crippen LogP contribution in [0.4, 0.5) is 0 Å². The van der Waals surface area contributed by atoms with Crippen molar-refractivity contribution >= 4 is 5.91 Å². The topological polar surface area (TPSA) is 52.6 Å². The maximum absolute atomic E-state index is 11.9. The van der Waals surface area contributed by atoms with E-state index in [-0.39, 0.29) is 12.0 Å². The lowest BCUT2D eigenvalue weighted by molar-refractivity contribution is -0.130. The van der Waals surface area contributed by atoms with Crippen molar-refractivity contribution in [1.82, 2.24) is 10.2 Å². The minimum Gasteiger partial charge on any atom is -0.393 e. The molecule has 0 spiro atoms. The molecule has 2 rings (SSSR count). The molecule has 2 aliphatic rings. The number of carbonyl (C=O) groups excluding carboxylic acids is 1. The number of aliphatic hydroxyl groups is 1. The smallest absolute Gasteiger partial charge is 0.223 e. The number of likely N-dealkylation sites (tertiary alicyclic amines) is 1. The molecule has 0 bridgehead atoms. The lowest BCUT2D eigenvalue weighted by Crippen LogP contribution is -2.33. The number of nitrogens with one attached hydrogen (secondary N) is 1. The lowest BCUT2D eigenvalue weighted by atomic mass is 10.00. The van der Waals surface area contributed by atoms with Crippen LogP contribution in [0.5, 0.6) is 0 Å². The highest BCUT2D eigenvalue weighted by atomic mass is 16.3. The number of nitrogens with zero attached hydrogens (tertiary/aromatic N) is 1. The molecule has 2 fully saturated rings. The molecule has 1 aliphatic carbocycles. The second kappa shape index (κ2) is 5.15. The van der Waals surface area contributed by atoms with Gasteiger partial charge in [0.05, 0.1) is 6.10 Å². The summed E-state index contributed by atoms with van der Waals surface area (Å²) in [7, 11) is 0. The Labute approximate surface area is 97.0 Å². The van der Waals surface area contributed by atoms with Gasteiger partial charge in [-0.2, -0.15) is 0 Å². The van der Waals surface area contributed by atoms with Crippen molar-refractivity contribution in [3.05, 3.63) is 0 Å². The number of rotatable bonds is 4. The Hall–Kier alpha value is -0.610. The van der Waals surface area contributed by atoms with E-state index in [1.54, 1.807) is 0 Å². The van der Waals surface area contributed by atoms with Crippen LogP contribution < -0.4 is 5.32 Å². The fourth-order valence-electron chi connectivity index (χ4n) is 2.97. The summed E-state index contributed by atoms with van der Waals surface area (Å²) in [5.41, 5.74) is 0. The van der Waals surface area contributed by atoms with Crippen LogP contribution in [0, 0.1) is 11.8 Å². The fourth-order valence-corrected chi connectivity index (χ4v) is 2.97. The molecule has 3 unspecified atom stereocenters. The average molecular weight is 226 g/mol. The third-order valence-corrected chi connectivity index (χ3v) is 3.94. The van der Waals surface area contributed by atoms with E-state index in [2.05, 4.69) is 5.32 Å². The van der Waals surface area contributed by atoms with Crippen molar-refractivity contribution in [2.75, 3.05) is 26.2 Å². The molecule has 2 N–H and O–H groups in total. The average Bonchev–Trinajstić information content (AvgIpc) is 2.82. The quantitative estimate of drug-likeness (QED) is 0.674. The van der Waals surface area contributed by atoms with Gasteiger partial charge in [0, 0.05) is 32.0 Å². The van der Waals surface area contributed by atoms with Crippen molar-refractivity contribution in [3.63, 3.8) is 0 Å². The van der Waals surface area contributed by atoms with Gasteiger partial charge in [0.15, 0.2) is 0 Å². The van der Waals surface area contributed by atoms with Gasteiger partial charge >= 0.3 is 0 Å². The summed E-state index contributed by atoms with van der Waals surface area (Å²) in [6.45, 7) is 5.37. The molecular formula is C12H22N2O2. The van der Waals surface area contributed by atoms with Crippen LogP contribution in [0.15, 0.2) is 0 Å². The Balaban J connectivity index is 1.78. The molecular weight excluding hydrogens is 204 g/mol. The van der Waals surface area contributed by atoms with E-state index in [0.717, 1.165) is 39.0 Å². The maximum atomic E-state index is 11.9. The zero-order chi connectivity index (χ0) is 11.5. The van der Waals surface area contributed by atoms with Gasteiger partial charge in [0.2, 0.25) is 5.91 Å². The van der Waals surface area contributed by atoms with Gasteiger partial charge < -0.3 is 15.3 Å². The first-order valence-electron chi connectivity index (χ1n) is 6.39. The van der Waals surface area contributed by atoms with Gasteiger partial charge in [-0.1, -0.05) is 6.92 Å². The van der Waals surface area contributed by atoms with E-state index >= 15 is 0 Å². The Bertz CT molecular complexity index is 257. The number of fused-ring (bicyclic) bond motifs is 1. The van der Waals surface area contributed by atoms with E-state index in [0.29, 0.717) is 18.3 Å². The minimum absolute atomic E-state index is 0.170. The monoisotopic (exact) mass is 226 g/mol. The van der Waals surface area contributed by atoms with Gasteiger partial charge in [0.25, 0.3) is 0 Å². The molecule has 16 heavy (non-hydrogen) atoms. The zero-order valence-corrected chi connectivity index (χ0v) is 9.98. The van der Waals surface area contributed by atoms with Crippen LogP contribution in [0.2, 0.25) is 0 Å². The minimum atomic E-state index is -0.170. The summed E-state index contributed by atoms with van der Waals surface area (Å²) in [6.07, 6.45) is 2.43. The standard InChI is InChI=1S/C12H22N2O2/c1-2-13-6-5-12(16)14-7-9-3-4-11(15)10(9)8-14/h9-11,13,15H,2-8H2,1H3. The van der Waals surface area contributed by atoms with Gasteiger partial charge in [-0.25, -0.2) is 0 Å². The Morgan fingerprint density at radius 2 is 2.25 bits per heavy atom. The molecule has 0 aromatic rings. The number of amides is 1. The summed E-state index contributed by atoms with van der Waals surface area (Å²) in [5.74, 6) is 1.14. The van der Waals surface area contributed by atoms with Crippen molar-refractivity contribution in [1.29, 1.82) is 0 Å². The molecule has 1 aliphatic heterocycles. The van der Waals surface area contributed by atoms with Crippen molar-refractivity contribution in [2.24, 2.45) is 11.8 Å². The second-order valence-corrected chi connectivity index (χ2v) is 4.97. The van der Waals surface area contributed by atoms with E-state index in [4.69, 9.17) is 0 Å². The van der Waals surface area contributed by atoms with E-state index < -0.39 is 0 Å². The molecule has 1 saturated heterocycles. The molecule has 0 aromatic carbocycles. The van der Waals surface area contributed by atoms with Gasteiger partial charge in [0.1, 0.15) is 0 Å². The number of aliphatic hydroxyl groups excluding tert-OH is 1. The SMILES string of the molecule is CCNCCC(=O)N1CC2CCC(O)C2C1. The van der Waals surface area contributed by atoms with E-state index in [1.807, 2.05) is 11.8 Å². The molecule has 4 heteroatoms. The molecule has 92 valence electrons. The predicted molar refractivity (Wildman–Crippen MR) is 62.0 cm³/mol. The first-order chi connectivity index (χ1) is 7.72. The lowest BCUT2D eigenvalue weighted by Gasteiger charge is -2.18. The Morgan fingerprint density at radius 1 is 1.44 bits per heavy atom. The molecule has 0 radical (unpaired) electrons. The molecule has 1 heterocycles. The molecule has 3 atom stereocenters. The second-order valence-electron chi connectivity index (χ2n) is 4.97. The van der Waals surface area contributed by atoms with Crippen molar-refractivity contribution < 1.29 is 9.90 Å². The Kier molecular flexibility index (Phi) is 3.82. The highest BCUT2D eigenvalue weighted by Crippen LogP contribution is 2.38. The van der Waals surface area contributed by atoms with Crippen LogP contribution in [0.25, 0.3) is 0 Å². The summed E-state index contributed by atoms with van der Waals surface area (Å²) in [6, 6.07) is 0. The number of carbonyl (C=O) groups is 1. The zero-order valence-electron chi connectivity index (χ0n) is 9.98. The maximum Gasteiger partial charge on any atom is 0.223 e. The normalized spacial score (nSPS) is 33.1. The largest absolute Gasteiger partial charge is 0.393 e. The van der Waals surface area contributed by atoms with Crippen LogP contribution >= 0.6 is 0 Å². The van der Waals surface area contributed by atoms with Crippen LogP contribution in [-0.2, 0) is 4.79 Å². The van der Waals surface area contributed by atoms with Crippen LogP contribution in [0.1, 0.15) is 26.2 Å². The van der Waals surface area contributed by atoms with Gasteiger partial charge in [-0.05, 0) is 25.3 Å². The summed E-state index contributed by atoms with van der Waals surface area (Å²) >= 11 is 0. The first kappa shape index (κ1) is 11.9. The number of hydrogen-bond acceptors (Lipinski definition) is 3. The van der Waals surface area contributed by atoms with Gasteiger partial charge in [-0.3, -0.25) is 4.79 Å². The van der Waals surface area contributed by atoms with E-state index in [9.17, 15) is 9.90 Å². The van der Waals surface area contributed by atoms with Crippen LogP contribution in [-0.4, -0.2) is 48.2 Å². The summed E-state index contributed by atoms with van der Waals surface area (Å²) in [4.78, 5) is 13.8. The Morgan fingerprint density at radius 3 is 2.94 bits per heavy atom. The number of hydrogen-bond donors (Lipinski definition) is 2. The molecule has 4 nitrogen and oxygen atoms in total. The molecule has 1 amide bonds. The summed E-state index contributed by atoms with van der Waals surface area (Å²) in [5, 5.41) is 12.9. The third kappa shape index (κ3) is 2.38. The third-order valence-electron chi connectivity index (χ3n) is 3.94. The van der Waals surface area contributed by atoms with E-state index in [1.165, 1.54) is 0 Å². The van der Waals surface area contributed by atoms with Crippen molar-refractivity contribution in [3.8, 4) is 0 Å². The highest BCUT2D eigenvalue weighted by molar-refractivity contribution is 5.76. The predicted octanol–water partition coefficient (Wildman–Crippen LogP) is 0.215. The van der Waals surface area contributed by atoms with Crippen LogP contribution in [0.3, 0.4) is 0 Å². The fraction of sp³-hybridized carbons (Fsp3) is 0.917. The van der Waals surface area contributed by atoms with Gasteiger partial charge in [-0.15, -0.1) is 0 Å². The van der Waals surface area contributed by atoms with Crippen molar-refractivity contribution in [2.45, 2.75) is 32.3 Å².